The molecular formula is C19H20ClN3O8S. The van der Waals surface area contributed by atoms with Crippen molar-refractivity contribution in [1.29, 1.82) is 0 Å². The highest BCUT2D eigenvalue weighted by atomic mass is 35.5. The summed E-state index contributed by atoms with van der Waals surface area (Å²) in [5.74, 6) is -1.35. The molecule has 0 aromatic heterocycles. The molecule has 1 N–H and O–H groups in total. The lowest BCUT2D eigenvalue weighted by atomic mass is 10.2. The Balaban J connectivity index is 2.32. The van der Waals surface area contributed by atoms with Crippen LogP contribution >= 0.6 is 11.6 Å². The molecule has 0 aliphatic carbocycles. The molecule has 0 bridgehead atoms. The number of nitrogens with one attached hydrogen (secondary N) is 1. The van der Waals surface area contributed by atoms with Crippen LogP contribution in [-0.2, 0) is 19.6 Å². The van der Waals surface area contributed by atoms with Gasteiger partial charge in [-0.05, 0) is 31.2 Å². The minimum atomic E-state index is -4.04. The van der Waals surface area contributed by atoms with Crippen molar-refractivity contribution in [3.8, 4) is 5.75 Å². The molecule has 2 aromatic carbocycles. The number of anilines is 2. The van der Waals surface area contributed by atoms with Crippen molar-refractivity contribution in [3.05, 3.63) is 57.1 Å². The predicted molar refractivity (Wildman–Crippen MR) is 118 cm³/mol. The summed E-state index contributed by atoms with van der Waals surface area (Å²) in [6.07, 6.45) is 0.847. The van der Waals surface area contributed by atoms with Crippen LogP contribution in [0.3, 0.4) is 0 Å². The number of hydrogen-bond acceptors (Lipinski definition) is 8. The first-order valence-electron chi connectivity index (χ1n) is 9.04. The van der Waals surface area contributed by atoms with Gasteiger partial charge in [-0.3, -0.25) is 19.2 Å². The number of non-ortho nitro benzene ring substituents is 1. The molecule has 2 aromatic rings. The number of nitrogens with zero attached hydrogens (tertiary/aromatic N) is 2. The highest BCUT2D eigenvalue weighted by Crippen LogP contribution is 2.33. The zero-order valence-corrected chi connectivity index (χ0v) is 18.9. The summed E-state index contributed by atoms with van der Waals surface area (Å²) in [5.41, 5.74) is -0.256. The summed E-state index contributed by atoms with van der Waals surface area (Å²) in [5, 5.41) is 13.6. The van der Waals surface area contributed by atoms with Gasteiger partial charge in [0.2, 0.25) is 15.9 Å². The van der Waals surface area contributed by atoms with Crippen molar-refractivity contribution in [3.63, 3.8) is 0 Å². The molecule has 1 amide bonds. The first-order valence-corrected chi connectivity index (χ1v) is 11.3. The third kappa shape index (κ3) is 6.08. The van der Waals surface area contributed by atoms with Crippen molar-refractivity contribution in [2.45, 2.75) is 6.92 Å². The minimum absolute atomic E-state index is 0.0191. The molecule has 0 heterocycles. The lowest BCUT2D eigenvalue weighted by Crippen LogP contribution is -2.37. The van der Waals surface area contributed by atoms with Gasteiger partial charge in [0.25, 0.3) is 5.69 Å². The fraction of sp³-hybridized carbons (Fsp3) is 0.263. The molecule has 2 rings (SSSR count). The van der Waals surface area contributed by atoms with E-state index in [2.05, 4.69) is 5.32 Å². The normalized spacial score (nSPS) is 10.9. The predicted octanol–water partition coefficient (Wildman–Crippen LogP) is 2.84. The van der Waals surface area contributed by atoms with E-state index in [4.69, 9.17) is 21.1 Å². The molecule has 0 fully saturated rings. The van der Waals surface area contributed by atoms with Gasteiger partial charge in [0.1, 0.15) is 18.0 Å². The van der Waals surface area contributed by atoms with Crippen LogP contribution in [0.5, 0.6) is 5.75 Å². The molecule has 13 heteroatoms. The summed E-state index contributed by atoms with van der Waals surface area (Å²) in [4.78, 5) is 34.8. The van der Waals surface area contributed by atoms with Crippen LogP contribution in [-0.4, -0.2) is 51.7 Å². The van der Waals surface area contributed by atoms with E-state index in [9.17, 15) is 28.1 Å². The van der Waals surface area contributed by atoms with Gasteiger partial charge in [-0.25, -0.2) is 13.2 Å². The number of rotatable bonds is 9. The van der Waals surface area contributed by atoms with Crippen LogP contribution in [0.15, 0.2) is 36.4 Å². The van der Waals surface area contributed by atoms with Crippen LogP contribution in [0.2, 0.25) is 5.02 Å². The van der Waals surface area contributed by atoms with Gasteiger partial charge in [-0.2, -0.15) is 0 Å². The molecule has 0 aliphatic rings. The van der Waals surface area contributed by atoms with Crippen LogP contribution in [0, 0.1) is 10.1 Å². The SMILES string of the molecule is CCOC(=O)c1ccc(NC(=O)CN(c2cc([N+](=O)[O-])ccc2OC)S(C)(=O)=O)c(Cl)c1. The van der Waals surface area contributed by atoms with E-state index in [0.717, 1.165) is 18.4 Å². The first kappa shape index (κ1) is 24.9. The average Bonchev–Trinajstić information content (AvgIpc) is 2.72. The highest BCUT2D eigenvalue weighted by molar-refractivity contribution is 7.92. The maximum atomic E-state index is 12.6. The monoisotopic (exact) mass is 485 g/mol. The molecule has 172 valence electrons. The Kier molecular flexibility index (Phi) is 8.00. The lowest BCUT2D eigenvalue weighted by Gasteiger charge is -2.23. The topological polar surface area (TPSA) is 145 Å². The summed E-state index contributed by atoms with van der Waals surface area (Å²) in [7, 11) is -2.78. The Morgan fingerprint density at radius 3 is 2.44 bits per heavy atom. The molecule has 0 unspecified atom stereocenters. The molecule has 0 saturated heterocycles. The highest BCUT2D eigenvalue weighted by Gasteiger charge is 2.26. The van der Waals surface area contributed by atoms with Crippen molar-refractivity contribution in [1.82, 2.24) is 0 Å². The molecule has 32 heavy (non-hydrogen) atoms. The lowest BCUT2D eigenvalue weighted by molar-refractivity contribution is -0.384. The number of carbonyl (C=O) groups is 2. The molecule has 0 aliphatic heterocycles. The minimum Gasteiger partial charge on any atom is -0.495 e. The summed E-state index contributed by atoms with van der Waals surface area (Å²) >= 11 is 6.12. The Morgan fingerprint density at radius 2 is 1.91 bits per heavy atom. The van der Waals surface area contributed by atoms with E-state index in [1.807, 2.05) is 0 Å². The van der Waals surface area contributed by atoms with E-state index in [0.29, 0.717) is 4.31 Å². The van der Waals surface area contributed by atoms with Crippen molar-refractivity contribution in [2.24, 2.45) is 0 Å². The third-order valence-electron chi connectivity index (χ3n) is 4.08. The molecule has 0 radical (unpaired) electrons. The second-order valence-corrected chi connectivity index (χ2v) is 8.66. The molecule has 0 spiro atoms. The summed E-state index contributed by atoms with van der Waals surface area (Å²) in [6, 6.07) is 7.42. The van der Waals surface area contributed by atoms with Gasteiger partial charge in [0, 0.05) is 12.1 Å². The zero-order chi connectivity index (χ0) is 24.1. The number of halogens is 1. The maximum absolute atomic E-state index is 12.6. The van der Waals surface area contributed by atoms with Crippen molar-refractivity contribution < 1.29 is 32.4 Å². The third-order valence-corrected chi connectivity index (χ3v) is 5.52. The van der Waals surface area contributed by atoms with Crippen LogP contribution in [0.25, 0.3) is 0 Å². The number of amides is 1. The number of sulfonamides is 1. The first-order chi connectivity index (χ1) is 15.0. The fourth-order valence-electron chi connectivity index (χ4n) is 2.65. The van der Waals surface area contributed by atoms with Crippen molar-refractivity contribution >= 4 is 50.6 Å². The number of nitro benzene ring substituents is 1. The number of benzene rings is 2. The van der Waals surface area contributed by atoms with E-state index in [1.165, 1.54) is 31.4 Å². The smallest absolute Gasteiger partial charge is 0.338 e. The van der Waals surface area contributed by atoms with E-state index >= 15 is 0 Å². The van der Waals surface area contributed by atoms with Gasteiger partial charge >= 0.3 is 5.97 Å². The standard InChI is InChI=1S/C19H20ClN3O8S/c1-4-31-19(25)12-5-7-15(14(20)9-12)21-18(24)11-22(32(3,28)29)16-10-13(23(26)27)6-8-17(16)30-2/h5-10H,4,11H2,1-3H3,(H,21,24). The van der Waals surface area contributed by atoms with E-state index in [1.54, 1.807) is 6.92 Å². The van der Waals surface area contributed by atoms with Crippen LogP contribution in [0.1, 0.15) is 17.3 Å². The largest absolute Gasteiger partial charge is 0.495 e. The number of carbonyl (C=O) groups excluding carboxylic acids is 2. The second-order valence-electron chi connectivity index (χ2n) is 6.35. The van der Waals surface area contributed by atoms with Gasteiger partial charge < -0.3 is 14.8 Å². The molecule has 0 atom stereocenters. The Labute approximate surface area is 189 Å². The van der Waals surface area contributed by atoms with E-state index in [-0.39, 0.29) is 40.0 Å². The number of esters is 1. The van der Waals surface area contributed by atoms with Gasteiger partial charge in [0.15, 0.2) is 0 Å². The number of hydrogen-bond donors (Lipinski definition) is 1. The van der Waals surface area contributed by atoms with Gasteiger partial charge in [0.05, 0.1) is 41.2 Å². The fourth-order valence-corrected chi connectivity index (χ4v) is 3.73. The average molecular weight is 486 g/mol. The van der Waals surface area contributed by atoms with Gasteiger partial charge in [-0.1, -0.05) is 11.6 Å². The molecular weight excluding hydrogens is 466 g/mol. The summed E-state index contributed by atoms with van der Waals surface area (Å²) in [6.45, 7) is 1.11. The second kappa shape index (κ2) is 10.3. The number of nitro groups is 1. The van der Waals surface area contributed by atoms with Crippen LogP contribution in [0.4, 0.5) is 17.1 Å². The summed E-state index contributed by atoms with van der Waals surface area (Å²) < 4.78 is 35.4. The Hall–Kier alpha value is -3.38. The Bertz CT molecular complexity index is 1150. The molecule has 0 saturated carbocycles. The van der Waals surface area contributed by atoms with E-state index < -0.39 is 33.4 Å². The molecule has 11 nitrogen and oxygen atoms in total. The Morgan fingerprint density at radius 1 is 1.22 bits per heavy atom. The van der Waals surface area contributed by atoms with Gasteiger partial charge in [-0.15, -0.1) is 0 Å². The number of methoxy groups -OCH3 is 1. The zero-order valence-electron chi connectivity index (χ0n) is 17.3. The van der Waals surface area contributed by atoms with Crippen LogP contribution < -0.4 is 14.4 Å². The quantitative estimate of drug-likeness (QED) is 0.324. The maximum Gasteiger partial charge on any atom is 0.338 e. The number of ether oxygens (including phenoxy) is 2. The van der Waals surface area contributed by atoms with Crippen molar-refractivity contribution in [2.75, 3.05) is 36.1 Å².